The Kier molecular flexibility index (Phi) is 4.70. The molecule has 0 heterocycles. The quantitative estimate of drug-likeness (QED) is 0.741. The highest BCUT2D eigenvalue weighted by Crippen LogP contribution is 2.42. The molecule has 0 aromatic heterocycles. The summed E-state index contributed by atoms with van der Waals surface area (Å²) < 4.78 is 0. The van der Waals surface area contributed by atoms with E-state index in [1.165, 1.54) is 57.9 Å². The fraction of sp³-hybridized carbons (Fsp3) is 1.00. The molecule has 2 saturated carbocycles. The van der Waals surface area contributed by atoms with Crippen LogP contribution in [0.5, 0.6) is 0 Å². The number of nitrogens with zero attached hydrogens (tertiary/aromatic N) is 1. The van der Waals surface area contributed by atoms with E-state index in [9.17, 15) is 0 Å². The smallest absolute Gasteiger partial charge is 0.00928 e. The molecule has 2 aliphatic carbocycles. The van der Waals surface area contributed by atoms with Gasteiger partial charge in [0.15, 0.2) is 0 Å². The van der Waals surface area contributed by atoms with Gasteiger partial charge in [0.2, 0.25) is 0 Å². The highest BCUT2D eigenvalue weighted by molar-refractivity contribution is 7.80. The molecule has 18 heavy (non-hydrogen) atoms. The molecule has 0 atom stereocenters. The summed E-state index contributed by atoms with van der Waals surface area (Å²) in [6.45, 7) is 6.13. The third-order valence-corrected chi connectivity index (χ3v) is 6.19. The maximum Gasteiger partial charge on any atom is 0.00928 e. The molecule has 2 heteroatoms. The second-order valence-corrected chi connectivity index (χ2v) is 7.99. The first-order chi connectivity index (χ1) is 8.46. The zero-order valence-electron chi connectivity index (χ0n) is 12.5. The molecule has 1 nitrogen and oxygen atoms in total. The Hall–Kier alpha value is 0.310. The second-order valence-electron chi connectivity index (χ2n) is 7.68. The van der Waals surface area contributed by atoms with Crippen molar-refractivity contribution in [2.75, 3.05) is 19.3 Å². The third kappa shape index (κ3) is 3.45. The van der Waals surface area contributed by atoms with Crippen LogP contribution in [-0.2, 0) is 0 Å². The SMILES string of the molecule is CN(CC1(CS)CCCC1)C1CCC(C)(C)CC1. The van der Waals surface area contributed by atoms with E-state index in [1.807, 2.05) is 0 Å². The van der Waals surface area contributed by atoms with Crippen molar-refractivity contribution >= 4 is 12.6 Å². The number of rotatable bonds is 4. The van der Waals surface area contributed by atoms with Crippen LogP contribution in [0.25, 0.3) is 0 Å². The zero-order chi connectivity index (χ0) is 13.2. The van der Waals surface area contributed by atoms with E-state index in [2.05, 4.69) is 38.4 Å². The maximum atomic E-state index is 4.64. The second kappa shape index (κ2) is 5.75. The highest BCUT2D eigenvalue weighted by atomic mass is 32.1. The van der Waals surface area contributed by atoms with Crippen molar-refractivity contribution < 1.29 is 0 Å². The van der Waals surface area contributed by atoms with Gasteiger partial charge in [0.05, 0.1) is 0 Å². The summed E-state index contributed by atoms with van der Waals surface area (Å²) >= 11 is 4.64. The lowest BCUT2D eigenvalue weighted by Gasteiger charge is -2.42. The molecule has 2 fully saturated rings. The first-order valence-corrected chi connectivity index (χ1v) is 8.41. The summed E-state index contributed by atoms with van der Waals surface area (Å²) in [7, 11) is 2.35. The molecule has 0 spiro atoms. The van der Waals surface area contributed by atoms with Crippen molar-refractivity contribution in [1.82, 2.24) is 4.90 Å². The Morgan fingerprint density at radius 3 is 2.11 bits per heavy atom. The lowest BCUT2D eigenvalue weighted by Crippen LogP contribution is -2.43. The fourth-order valence-corrected chi connectivity index (χ4v) is 4.39. The van der Waals surface area contributed by atoms with Gasteiger partial charge >= 0.3 is 0 Å². The lowest BCUT2D eigenvalue weighted by atomic mass is 9.75. The van der Waals surface area contributed by atoms with Crippen LogP contribution in [-0.4, -0.2) is 30.3 Å². The van der Waals surface area contributed by atoms with Crippen molar-refractivity contribution in [2.45, 2.75) is 71.3 Å². The molecule has 0 saturated heterocycles. The average molecular weight is 269 g/mol. The topological polar surface area (TPSA) is 3.24 Å². The van der Waals surface area contributed by atoms with E-state index < -0.39 is 0 Å². The van der Waals surface area contributed by atoms with E-state index >= 15 is 0 Å². The van der Waals surface area contributed by atoms with E-state index in [1.54, 1.807) is 0 Å². The molecule has 0 radical (unpaired) electrons. The molecule has 0 aromatic carbocycles. The standard InChI is InChI=1S/C16H31NS/c1-15(2)10-6-14(7-11-15)17(3)12-16(13-18)8-4-5-9-16/h14,18H,4-13H2,1-3H3. The van der Waals surface area contributed by atoms with Gasteiger partial charge in [-0.05, 0) is 62.2 Å². The molecule has 2 rings (SSSR count). The van der Waals surface area contributed by atoms with E-state index in [4.69, 9.17) is 0 Å². The monoisotopic (exact) mass is 269 g/mol. The Balaban J connectivity index is 1.86. The van der Waals surface area contributed by atoms with Gasteiger partial charge in [-0.25, -0.2) is 0 Å². The first kappa shape index (κ1) is 14.7. The van der Waals surface area contributed by atoms with Crippen molar-refractivity contribution in [3.8, 4) is 0 Å². The van der Waals surface area contributed by atoms with Crippen molar-refractivity contribution in [2.24, 2.45) is 10.8 Å². The normalized spacial score (nSPS) is 27.8. The van der Waals surface area contributed by atoms with Crippen LogP contribution in [0.15, 0.2) is 0 Å². The lowest BCUT2D eigenvalue weighted by molar-refractivity contribution is 0.0932. The summed E-state index contributed by atoms with van der Waals surface area (Å²) in [5.74, 6) is 1.08. The summed E-state index contributed by atoms with van der Waals surface area (Å²) in [5, 5.41) is 0. The number of hydrogen-bond donors (Lipinski definition) is 1. The first-order valence-electron chi connectivity index (χ1n) is 7.78. The summed E-state index contributed by atoms with van der Waals surface area (Å²) in [6.07, 6.45) is 11.2. The predicted molar refractivity (Wildman–Crippen MR) is 83.4 cm³/mol. The van der Waals surface area contributed by atoms with Crippen LogP contribution in [0.2, 0.25) is 0 Å². The van der Waals surface area contributed by atoms with Gasteiger partial charge in [-0.15, -0.1) is 0 Å². The molecule has 0 unspecified atom stereocenters. The van der Waals surface area contributed by atoms with Crippen LogP contribution < -0.4 is 0 Å². The van der Waals surface area contributed by atoms with Gasteiger partial charge in [-0.3, -0.25) is 0 Å². The van der Waals surface area contributed by atoms with Crippen LogP contribution in [0, 0.1) is 10.8 Å². The van der Waals surface area contributed by atoms with Gasteiger partial charge in [0.25, 0.3) is 0 Å². The fourth-order valence-electron chi connectivity index (χ4n) is 3.97. The third-order valence-electron chi connectivity index (χ3n) is 5.52. The van der Waals surface area contributed by atoms with Crippen LogP contribution in [0.1, 0.15) is 65.2 Å². The van der Waals surface area contributed by atoms with Crippen LogP contribution in [0.3, 0.4) is 0 Å². The average Bonchev–Trinajstić information content (AvgIpc) is 2.78. The molecular weight excluding hydrogens is 238 g/mol. The highest BCUT2D eigenvalue weighted by Gasteiger charge is 2.36. The molecule has 0 bridgehead atoms. The van der Waals surface area contributed by atoms with E-state index in [0.29, 0.717) is 10.8 Å². The maximum absolute atomic E-state index is 4.64. The zero-order valence-corrected chi connectivity index (χ0v) is 13.4. The van der Waals surface area contributed by atoms with E-state index in [-0.39, 0.29) is 0 Å². The van der Waals surface area contributed by atoms with Gasteiger partial charge in [-0.2, -0.15) is 12.6 Å². The van der Waals surface area contributed by atoms with Gasteiger partial charge in [0, 0.05) is 12.6 Å². The molecule has 0 N–H and O–H groups in total. The van der Waals surface area contributed by atoms with Crippen LogP contribution >= 0.6 is 12.6 Å². The summed E-state index contributed by atoms with van der Waals surface area (Å²) in [5.41, 5.74) is 1.12. The largest absolute Gasteiger partial charge is 0.303 e. The van der Waals surface area contributed by atoms with Gasteiger partial charge < -0.3 is 4.90 Å². The molecule has 0 amide bonds. The Bertz CT molecular complexity index is 258. The van der Waals surface area contributed by atoms with Gasteiger partial charge in [-0.1, -0.05) is 26.7 Å². The molecule has 106 valence electrons. The van der Waals surface area contributed by atoms with Crippen molar-refractivity contribution in [3.63, 3.8) is 0 Å². The van der Waals surface area contributed by atoms with Gasteiger partial charge in [0.1, 0.15) is 0 Å². The number of thiol groups is 1. The molecule has 2 aliphatic rings. The van der Waals surface area contributed by atoms with Crippen molar-refractivity contribution in [1.29, 1.82) is 0 Å². The minimum atomic E-state index is 0.533. The Labute approximate surface area is 119 Å². The Morgan fingerprint density at radius 2 is 1.61 bits per heavy atom. The molecular formula is C16H31NS. The van der Waals surface area contributed by atoms with E-state index in [0.717, 1.165) is 11.8 Å². The van der Waals surface area contributed by atoms with Crippen molar-refractivity contribution in [3.05, 3.63) is 0 Å². The molecule has 0 aromatic rings. The molecule has 0 aliphatic heterocycles. The Morgan fingerprint density at radius 1 is 1.06 bits per heavy atom. The summed E-state index contributed by atoms with van der Waals surface area (Å²) in [4.78, 5) is 2.66. The summed E-state index contributed by atoms with van der Waals surface area (Å²) in [6, 6.07) is 0.829. The predicted octanol–water partition coefficient (Wildman–Crippen LogP) is 4.38. The number of hydrogen-bond acceptors (Lipinski definition) is 2. The minimum Gasteiger partial charge on any atom is -0.303 e. The van der Waals surface area contributed by atoms with Crippen LogP contribution in [0.4, 0.5) is 0 Å². The minimum absolute atomic E-state index is 0.533.